The lowest BCUT2D eigenvalue weighted by Gasteiger charge is -2.10. The van der Waals surface area contributed by atoms with Crippen molar-refractivity contribution < 1.29 is 4.92 Å². The molecular weight excluding hydrogens is 270 g/mol. The molecule has 6 heteroatoms. The van der Waals surface area contributed by atoms with E-state index in [9.17, 15) is 14.9 Å². The van der Waals surface area contributed by atoms with E-state index in [1.165, 1.54) is 10.7 Å². The Morgan fingerprint density at radius 3 is 2.43 bits per heavy atom. The Hall–Kier alpha value is -2.50. The highest BCUT2D eigenvalue weighted by Gasteiger charge is 2.17. The SMILES string of the molecule is CCc1cc(-c2cc([N+](=O)[O-])c(C)cc2C)c(=O)n(C)n1. The Morgan fingerprint density at radius 2 is 1.86 bits per heavy atom. The zero-order chi connectivity index (χ0) is 15.7. The number of rotatable bonds is 3. The Balaban J connectivity index is 2.78. The van der Waals surface area contributed by atoms with E-state index in [1.54, 1.807) is 26.1 Å². The van der Waals surface area contributed by atoms with Gasteiger partial charge in [-0.2, -0.15) is 5.10 Å². The van der Waals surface area contributed by atoms with Crippen molar-refractivity contribution in [3.63, 3.8) is 0 Å². The Labute approximate surface area is 122 Å². The van der Waals surface area contributed by atoms with Crippen LogP contribution in [0, 0.1) is 24.0 Å². The van der Waals surface area contributed by atoms with Gasteiger partial charge < -0.3 is 0 Å². The molecule has 0 N–H and O–H groups in total. The first-order chi connectivity index (χ1) is 9.85. The summed E-state index contributed by atoms with van der Waals surface area (Å²) >= 11 is 0. The van der Waals surface area contributed by atoms with E-state index in [-0.39, 0.29) is 11.2 Å². The van der Waals surface area contributed by atoms with Crippen molar-refractivity contribution in [2.24, 2.45) is 7.05 Å². The standard InChI is InChI=1S/C15H17N3O3/c1-5-11-7-13(15(19)17(4)16-11)12-8-14(18(20)21)10(3)6-9(12)2/h6-8H,5H2,1-4H3. The van der Waals surface area contributed by atoms with E-state index in [1.807, 2.05) is 13.8 Å². The molecule has 0 aliphatic carbocycles. The van der Waals surface area contributed by atoms with Gasteiger partial charge in [-0.15, -0.1) is 0 Å². The van der Waals surface area contributed by atoms with Crippen molar-refractivity contribution in [3.05, 3.63) is 55.5 Å². The monoisotopic (exact) mass is 287 g/mol. The minimum absolute atomic E-state index is 0.0208. The third-order valence-corrected chi connectivity index (χ3v) is 3.51. The number of nitrogens with zero attached hydrogens (tertiary/aromatic N) is 3. The fraction of sp³-hybridized carbons (Fsp3) is 0.333. The summed E-state index contributed by atoms with van der Waals surface area (Å²) in [5, 5.41) is 15.3. The van der Waals surface area contributed by atoms with Crippen LogP contribution in [0.25, 0.3) is 11.1 Å². The van der Waals surface area contributed by atoms with Gasteiger partial charge in [0.05, 0.1) is 16.2 Å². The summed E-state index contributed by atoms with van der Waals surface area (Å²) in [4.78, 5) is 23.0. The van der Waals surface area contributed by atoms with Gasteiger partial charge in [-0.1, -0.05) is 6.92 Å². The summed E-state index contributed by atoms with van der Waals surface area (Å²) in [6, 6.07) is 4.92. The van der Waals surface area contributed by atoms with Crippen molar-refractivity contribution in [3.8, 4) is 11.1 Å². The molecule has 0 saturated heterocycles. The molecule has 0 spiro atoms. The van der Waals surface area contributed by atoms with Crippen LogP contribution in [-0.4, -0.2) is 14.7 Å². The van der Waals surface area contributed by atoms with Crippen LogP contribution in [0.4, 0.5) is 5.69 Å². The lowest BCUT2D eigenvalue weighted by molar-refractivity contribution is -0.385. The second kappa shape index (κ2) is 5.47. The van der Waals surface area contributed by atoms with Crippen molar-refractivity contribution in [2.45, 2.75) is 27.2 Å². The molecule has 0 saturated carbocycles. The molecule has 2 aromatic rings. The molecule has 1 aromatic carbocycles. The number of benzene rings is 1. The number of nitro benzene ring substituents is 1. The topological polar surface area (TPSA) is 78.0 Å². The molecule has 1 heterocycles. The van der Waals surface area contributed by atoms with Crippen LogP contribution in [0.5, 0.6) is 0 Å². The van der Waals surface area contributed by atoms with Crippen LogP contribution in [0.1, 0.15) is 23.7 Å². The average molecular weight is 287 g/mol. The van der Waals surface area contributed by atoms with Crippen molar-refractivity contribution in [1.29, 1.82) is 0 Å². The van der Waals surface area contributed by atoms with E-state index in [0.29, 0.717) is 23.1 Å². The maximum absolute atomic E-state index is 12.3. The molecule has 0 radical (unpaired) electrons. The minimum Gasteiger partial charge on any atom is -0.267 e. The van der Waals surface area contributed by atoms with Gasteiger partial charge in [0.2, 0.25) is 0 Å². The zero-order valence-electron chi connectivity index (χ0n) is 12.5. The first kappa shape index (κ1) is 14.9. The molecule has 0 aliphatic heterocycles. The molecule has 2 rings (SSSR count). The fourth-order valence-electron chi connectivity index (χ4n) is 2.36. The van der Waals surface area contributed by atoms with Crippen LogP contribution in [-0.2, 0) is 13.5 Å². The molecule has 0 unspecified atom stereocenters. The van der Waals surface area contributed by atoms with Crippen molar-refractivity contribution in [2.75, 3.05) is 0 Å². The Kier molecular flexibility index (Phi) is 3.88. The van der Waals surface area contributed by atoms with Gasteiger partial charge in [0.15, 0.2) is 0 Å². The van der Waals surface area contributed by atoms with E-state index < -0.39 is 4.92 Å². The summed E-state index contributed by atoms with van der Waals surface area (Å²) in [6.45, 7) is 5.48. The predicted molar refractivity (Wildman–Crippen MR) is 80.4 cm³/mol. The van der Waals surface area contributed by atoms with Gasteiger partial charge in [-0.25, -0.2) is 4.68 Å². The molecule has 0 fully saturated rings. The summed E-state index contributed by atoms with van der Waals surface area (Å²) < 4.78 is 1.28. The molecular formula is C15H17N3O3. The van der Waals surface area contributed by atoms with Crippen LogP contribution in [0.3, 0.4) is 0 Å². The third kappa shape index (κ3) is 2.69. The van der Waals surface area contributed by atoms with Crippen LogP contribution in [0.2, 0.25) is 0 Å². The highest BCUT2D eigenvalue weighted by molar-refractivity contribution is 5.70. The van der Waals surface area contributed by atoms with Gasteiger partial charge in [0.25, 0.3) is 11.2 Å². The average Bonchev–Trinajstić information content (AvgIpc) is 2.42. The predicted octanol–water partition coefficient (Wildman–Crippen LogP) is 2.53. The number of aromatic nitrogens is 2. The molecule has 0 aliphatic rings. The second-order valence-corrected chi connectivity index (χ2v) is 5.04. The second-order valence-electron chi connectivity index (χ2n) is 5.04. The normalized spacial score (nSPS) is 10.7. The summed E-state index contributed by atoms with van der Waals surface area (Å²) in [5.74, 6) is 0. The maximum atomic E-state index is 12.3. The van der Waals surface area contributed by atoms with Gasteiger partial charge in [0, 0.05) is 18.7 Å². The lowest BCUT2D eigenvalue weighted by Crippen LogP contribution is -2.22. The zero-order valence-corrected chi connectivity index (χ0v) is 12.5. The minimum atomic E-state index is -0.426. The largest absolute Gasteiger partial charge is 0.274 e. The summed E-state index contributed by atoms with van der Waals surface area (Å²) in [6.07, 6.45) is 0.689. The van der Waals surface area contributed by atoms with E-state index in [0.717, 1.165) is 11.3 Å². The van der Waals surface area contributed by atoms with Crippen molar-refractivity contribution >= 4 is 5.69 Å². The van der Waals surface area contributed by atoms with Gasteiger partial charge in [-0.05, 0) is 43.5 Å². The summed E-state index contributed by atoms with van der Waals surface area (Å²) in [7, 11) is 1.59. The van der Waals surface area contributed by atoms with E-state index >= 15 is 0 Å². The molecule has 0 atom stereocenters. The quantitative estimate of drug-likeness (QED) is 0.642. The molecule has 0 amide bonds. The van der Waals surface area contributed by atoms with Gasteiger partial charge >= 0.3 is 0 Å². The van der Waals surface area contributed by atoms with Gasteiger partial charge in [-0.3, -0.25) is 14.9 Å². The highest BCUT2D eigenvalue weighted by Crippen LogP contribution is 2.28. The Morgan fingerprint density at radius 1 is 1.19 bits per heavy atom. The van der Waals surface area contributed by atoms with Crippen LogP contribution < -0.4 is 5.56 Å². The number of hydrogen-bond donors (Lipinski definition) is 0. The Bertz CT molecular complexity index is 778. The van der Waals surface area contributed by atoms with Gasteiger partial charge in [0.1, 0.15) is 0 Å². The van der Waals surface area contributed by atoms with E-state index in [4.69, 9.17) is 0 Å². The number of hydrogen-bond acceptors (Lipinski definition) is 4. The maximum Gasteiger partial charge on any atom is 0.274 e. The highest BCUT2D eigenvalue weighted by atomic mass is 16.6. The molecule has 110 valence electrons. The van der Waals surface area contributed by atoms with Crippen LogP contribution >= 0.6 is 0 Å². The number of nitro groups is 1. The summed E-state index contributed by atoms with van der Waals surface area (Å²) in [5.41, 5.74) is 3.00. The lowest BCUT2D eigenvalue weighted by atomic mass is 9.98. The van der Waals surface area contributed by atoms with Crippen LogP contribution in [0.15, 0.2) is 23.0 Å². The molecule has 6 nitrogen and oxygen atoms in total. The smallest absolute Gasteiger partial charge is 0.267 e. The molecule has 1 aromatic heterocycles. The first-order valence-electron chi connectivity index (χ1n) is 6.68. The van der Waals surface area contributed by atoms with Crippen molar-refractivity contribution in [1.82, 2.24) is 9.78 Å². The molecule has 0 bridgehead atoms. The number of aryl methyl sites for hydroxylation is 4. The fourth-order valence-corrected chi connectivity index (χ4v) is 2.36. The molecule has 21 heavy (non-hydrogen) atoms. The first-order valence-corrected chi connectivity index (χ1v) is 6.68. The van der Waals surface area contributed by atoms with E-state index in [2.05, 4.69) is 5.10 Å². The third-order valence-electron chi connectivity index (χ3n) is 3.51.